The molecule has 1 aromatic rings. The number of anilines is 1. The first-order chi connectivity index (χ1) is 8.09. The number of carbonyl (C=O) groups excluding carboxylic acids is 1. The predicted octanol–water partition coefficient (Wildman–Crippen LogP) is 2.11. The third kappa shape index (κ3) is 2.57. The first-order valence-corrected chi connectivity index (χ1v) is 6.43. The summed E-state index contributed by atoms with van der Waals surface area (Å²) in [5.74, 6) is 0.0476. The number of thiol groups is 1. The van der Waals surface area contributed by atoms with Crippen LogP contribution in [0.25, 0.3) is 0 Å². The fourth-order valence-corrected chi connectivity index (χ4v) is 2.34. The van der Waals surface area contributed by atoms with Gasteiger partial charge in [-0.05, 0) is 31.4 Å². The molecule has 0 bridgehead atoms. The summed E-state index contributed by atoms with van der Waals surface area (Å²) in [5, 5.41) is 0.425. The highest BCUT2D eigenvalue weighted by Gasteiger charge is 2.23. The maximum atomic E-state index is 12.3. The van der Waals surface area contributed by atoms with Gasteiger partial charge >= 0.3 is 0 Å². The molecule has 4 heteroatoms. The fraction of sp³-hybridized carbons (Fsp3) is 0.462. The van der Waals surface area contributed by atoms with Gasteiger partial charge < -0.3 is 10.6 Å². The van der Waals surface area contributed by atoms with E-state index in [0.29, 0.717) is 16.5 Å². The van der Waals surface area contributed by atoms with Crippen molar-refractivity contribution in [3.8, 4) is 0 Å². The van der Waals surface area contributed by atoms with E-state index in [-0.39, 0.29) is 5.91 Å². The monoisotopic (exact) mass is 250 g/mol. The number of nitrogens with zero attached hydrogens (tertiary/aromatic N) is 1. The van der Waals surface area contributed by atoms with Crippen LogP contribution in [0.5, 0.6) is 0 Å². The molecular formula is C13H18N2OS. The number of nitrogen functional groups attached to an aromatic ring is 1. The molecule has 1 amide bonds. The van der Waals surface area contributed by atoms with E-state index in [9.17, 15) is 4.79 Å². The Balaban J connectivity index is 2.17. The maximum absolute atomic E-state index is 12.3. The standard InChI is InChI=1S/C13H18N2OS/c1-9-3-2-4-11(12(9)14)13(16)15-7-5-10(17)6-8-15/h2-4,10,17H,5-8,14H2,1H3. The molecule has 0 spiro atoms. The lowest BCUT2D eigenvalue weighted by Gasteiger charge is -2.30. The SMILES string of the molecule is Cc1cccc(C(=O)N2CCC(S)CC2)c1N. The van der Waals surface area contributed by atoms with Crippen LogP contribution in [0.3, 0.4) is 0 Å². The number of aryl methyl sites for hydroxylation is 1. The average Bonchev–Trinajstić information content (AvgIpc) is 2.33. The minimum atomic E-state index is 0.0476. The van der Waals surface area contributed by atoms with Crippen LogP contribution in [0, 0.1) is 6.92 Å². The zero-order valence-corrected chi connectivity index (χ0v) is 10.9. The Labute approximate surface area is 107 Å². The molecule has 1 fully saturated rings. The number of carbonyl (C=O) groups is 1. The van der Waals surface area contributed by atoms with E-state index in [0.717, 1.165) is 31.5 Å². The third-order valence-electron chi connectivity index (χ3n) is 3.31. The van der Waals surface area contributed by atoms with Gasteiger partial charge in [-0.15, -0.1) is 0 Å². The van der Waals surface area contributed by atoms with Crippen molar-refractivity contribution in [3.05, 3.63) is 29.3 Å². The summed E-state index contributed by atoms with van der Waals surface area (Å²) in [6.07, 6.45) is 1.92. The molecule has 0 aliphatic carbocycles. The molecule has 0 radical (unpaired) electrons. The highest BCUT2D eigenvalue weighted by Crippen LogP contribution is 2.22. The minimum Gasteiger partial charge on any atom is -0.398 e. The Bertz CT molecular complexity index is 425. The first kappa shape index (κ1) is 12.3. The zero-order valence-electron chi connectivity index (χ0n) is 10.0. The highest BCUT2D eigenvalue weighted by atomic mass is 32.1. The third-order valence-corrected chi connectivity index (χ3v) is 3.82. The number of hydrogen-bond acceptors (Lipinski definition) is 3. The largest absolute Gasteiger partial charge is 0.398 e. The van der Waals surface area contributed by atoms with Crippen molar-refractivity contribution in [3.63, 3.8) is 0 Å². The number of benzene rings is 1. The van der Waals surface area contributed by atoms with Gasteiger partial charge in [0.2, 0.25) is 0 Å². The Morgan fingerprint density at radius 1 is 1.41 bits per heavy atom. The molecule has 0 atom stereocenters. The van der Waals surface area contributed by atoms with Gasteiger partial charge in [-0.25, -0.2) is 0 Å². The summed E-state index contributed by atoms with van der Waals surface area (Å²) in [7, 11) is 0. The van der Waals surface area contributed by atoms with E-state index in [2.05, 4.69) is 12.6 Å². The molecule has 0 unspecified atom stereocenters. The smallest absolute Gasteiger partial charge is 0.255 e. The number of piperidine rings is 1. The number of nitrogens with two attached hydrogens (primary N) is 1. The first-order valence-electron chi connectivity index (χ1n) is 5.92. The summed E-state index contributed by atoms with van der Waals surface area (Å²) in [6, 6.07) is 5.60. The van der Waals surface area contributed by atoms with Gasteiger partial charge in [-0.2, -0.15) is 12.6 Å². The van der Waals surface area contributed by atoms with Crippen LogP contribution in [0.4, 0.5) is 5.69 Å². The van der Waals surface area contributed by atoms with Crippen LogP contribution in [0.2, 0.25) is 0 Å². The topological polar surface area (TPSA) is 46.3 Å². The molecule has 17 heavy (non-hydrogen) atoms. The van der Waals surface area contributed by atoms with Crippen molar-refractivity contribution in [2.75, 3.05) is 18.8 Å². The number of para-hydroxylation sites is 1. The molecule has 1 aliphatic rings. The highest BCUT2D eigenvalue weighted by molar-refractivity contribution is 7.80. The molecule has 92 valence electrons. The van der Waals surface area contributed by atoms with Crippen LogP contribution in [0.15, 0.2) is 18.2 Å². The summed E-state index contributed by atoms with van der Waals surface area (Å²) in [5.41, 5.74) is 8.14. The van der Waals surface area contributed by atoms with E-state index >= 15 is 0 Å². The summed E-state index contributed by atoms with van der Waals surface area (Å²) in [4.78, 5) is 14.2. The van der Waals surface area contributed by atoms with Crippen LogP contribution in [-0.2, 0) is 0 Å². The maximum Gasteiger partial charge on any atom is 0.255 e. The summed E-state index contributed by atoms with van der Waals surface area (Å²) in [6.45, 7) is 3.48. The molecular weight excluding hydrogens is 232 g/mol. The van der Waals surface area contributed by atoms with Crippen molar-refractivity contribution in [1.82, 2.24) is 4.90 Å². The molecule has 2 N–H and O–H groups in total. The minimum absolute atomic E-state index is 0.0476. The van der Waals surface area contributed by atoms with Gasteiger partial charge in [0.15, 0.2) is 0 Å². The second kappa shape index (κ2) is 5.00. The van der Waals surface area contributed by atoms with E-state index in [1.807, 2.05) is 24.0 Å². The van der Waals surface area contributed by atoms with Crippen molar-refractivity contribution in [2.45, 2.75) is 25.0 Å². The number of rotatable bonds is 1. The molecule has 3 nitrogen and oxygen atoms in total. The molecule has 1 aromatic carbocycles. The molecule has 1 heterocycles. The summed E-state index contributed by atoms with van der Waals surface area (Å²) < 4.78 is 0. The lowest BCUT2D eigenvalue weighted by atomic mass is 10.0. The Morgan fingerprint density at radius 3 is 2.71 bits per heavy atom. The van der Waals surface area contributed by atoms with E-state index in [1.54, 1.807) is 6.07 Å². The number of amides is 1. The van der Waals surface area contributed by atoms with Crippen molar-refractivity contribution >= 4 is 24.2 Å². The van der Waals surface area contributed by atoms with Gasteiger partial charge in [0, 0.05) is 24.0 Å². The number of hydrogen-bond donors (Lipinski definition) is 2. The number of likely N-dealkylation sites (tertiary alicyclic amines) is 1. The average molecular weight is 250 g/mol. The van der Waals surface area contributed by atoms with Crippen LogP contribution in [-0.4, -0.2) is 29.1 Å². The summed E-state index contributed by atoms with van der Waals surface area (Å²) >= 11 is 4.43. The van der Waals surface area contributed by atoms with E-state index < -0.39 is 0 Å². The zero-order chi connectivity index (χ0) is 12.4. The Kier molecular flexibility index (Phi) is 3.62. The molecule has 2 rings (SSSR count). The predicted molar refractivity (Wildman–Crippen MR) is 73.5 cm³/mol. The Morgan fingerprint density at radius 2 is 2.06 bits per heavy atom. The van der Waals surface area contributed by atoms with Gasteiger partial charge in [0.05, 0.1) is 5.56 Å². The second-order valence-electron chi connectivity index (χ2n) is 4.56. The Hall–Kier alpha value is -1.16. The molecule has 0 aromatic heterocycles. The van der Waals surface area contributed by atoms with Gasteiger partial charge in [-0.3, -0.25) is 4.79 Å². The van der Waals surface area contributed by atoms with Gasteiger partial charge in [0.25, 0.3) is 5.91 Å². The van der Waals surface area contributed by atoms with Crippen LogP contribution < -0.4 is 5.73 Å². The fourth-order valence-electron chi connectivity index (χ4n) is 2.11. The molecule has 1 saturated heterocycles. The van der Waals surface area contributed by atoms with Crippen LogP contribution in [0.1, 0.15) is 28.8 Å². The molecule has 1 aliphatic heterocycles. The van der Waals surface area contributed by atoms with Crippen LogP contribution >= 0.6 is 12.6 Å². The van der Waals surface area contributed by atoms with Crippen molar-refractivity contribution < 1.29 is 4.79 Å². The lowest BCUT2D eigenvalue weighted by Crippen LogP contribution is -2.39. The molecule has 0 saturated carbocycles. The van der Waals surface area contributed by atoms with E-state index in [1.165, 1.54) is 0 Å². The van der Waals surface area contributed by atoms with Crippen molar-refractivity contribution in [1.29, 1.82) is 0 Å². The second-order valence-corrected chi connectivity index (χ2v) is 5.29. The van der Waals surface area contributed by atoms with E-state index in [4.69, 9.17) is 5.73 Å². The normalized spacial score (nSPS) is 17.2. The lowest BCUT2D eigenvalue weighted by molar-refractivity contribution is 0.0729. The van der Waals surface area contributed by atoms with Crippen molar-refractivity contribution in [2.24, 2.45) is 0 Å². The van der Waals surface area contributed by atoms with Gasteiger partial charge in [-0.1, -0.05) is 12.1 Å². The quantitative estimate of drug-likeness (QED) is 0.592. The van der Waals surface area contributed by atoms with Gasteiger partial charge in [0.1, 0.15) is 0 Å².